The number of oxime groups is 1. The summed E-state index contributed by atoms with van der Waals surface area (Å²) in [5.74, 6) is -0.967. The van der Waals surface area contributed by atoms with Gasteiger partial charge >= 0.3 is 12.6 Å². The van der Waals surface area contributed by atoms with Crippen molar-refractivity contribution in [2.24, 2.45) is 5.16 Å². The lowest BCUT2D eigenvalue weighted by Crippen LogP contribution is -2.44. The molecule has 184 valence electrons. The number of carbonyl (C=O) groups excluding carboxylic acids is 1. The molecule has 0 saturated carbocycles. The van der Waals surface area contributed by atoms with Crippen LogP contribution in [0.5, 0.6) is 0 Å². The van der Waals surface area contributed by atoms with Crippen LogP contribution in [-0.2, 0) is 19.9 Å². The standard InChI is InChI=1S/C26H23F2N5O3/c1-2-35-24(34)23(31-36-25(27)28)22-18-29-33(30-22)32-26(19-12-6-3-7-13-19,20-14-8-4-9-15-20)21-16-10-5-11-17-21/h3-18,25,32H,2H2,1H3/b31-23+. The Labute approximate surface area is 206 Å². The first kappa shape index (κ1) is 24.5. The molecule has 1 aromatic heterocycles. The average molecular weight is 491 g/mol. The van der Waals surface area contributed by atoms with E-state index in [1.807, 2.05) is 91.0 Å². The van der Waals surface area contributed by atoms with Crippen LogP contribution in [-0.4, -0.2) is 40.0 Å². The van der Waals surface area contributed by atoms with Crippen molar-refractivity contribution < 1.29 is 23.1 Å². The molecule has 0 saturated heterocycles. The molecule has 0 amide bonds. The van der Waals surface area contributed by atoms with Gasteiger partial charge in [0.25, 0.3) is 0 Å². The smallest absolute Gasteiger partial charge is 0.407 e. The number of nitrogens with one attached hydrogen (secondary N) is 1. The molecule has 8 nitrogen and oxygen atoms in total. The number of carbonyl (C=O) groups is 1. The lowest BCUT2D eigenvalue weighted by Gasteiger charge is -2.36. The van der Waals surface area contributed by atoms with Crippen molar-refractivity contribution in [1.82, 2.24) is 15.1 Å². The SMILES string of the molecule is CCOC(=O)/C(=N/OC(F)F)c1cnn(NC(c2ccccc2)(c2ccccc2)c2ccccc2)n1. The third kappa shape index (κ3) is 5.22. The van der Waals surface area contributed by atoms with E-state index in [-0.39, 0.29) is 12.3 Å². The summed E-state index contributed by atoms with van der Waals surface area (Å²) in [7, 11) is 0. The van der Waals surface area contributed by atoms with Gasteiger partial charge in [0.05, 0.1) is 12.8 Å². The maximum atomic E-state index is 12.6. The molecule has 3 aromatic carbocycles. The monoisotopic (exact) mass is 491 g/mol. The highest BCUT2D eigenvalue weighted by Crippen LogP contribution is 2.37. The van der Waals surface area contributed by atoms with Gasteiger partial charge in [0.1, 0.15) is 11.2 Å². The predicted molar refractivity (Wildman–Crippen MR) is 129 cm³/mol. The Bertz CT molecular complexity index is 1200. The van der Waals surface area contributed by atoms with Crippen LogP contribution in [0.4, 0.5) is 8.78 Å². The van der Waals surface area contributed by atoms with Gasteiger partial charge in [0, 0.05) is 0 Å². The highest BCUT2D eigenvalue weighted by molar-refractivity contribution is 6.42. The number of ether oxygens (including phenoxy) is 1. The Kier molecular flexibility index (Phi) is 7.64. The molecule has 0 radical (unpaired) electrons. The zero-order valence-electron chi connectivity index (χ0n) is 19.3. The number of hydrogen-bond donors (Lipinski definition) is 1. The molecule has 0 aliphatic rings. The maximum absolute atomic E-state index is 12.6. The van der Waals surface area contributed by atoms with E-state index in [4.69, 9.17) is 4.74 Å². The topological polar surface area (TPSA) is 90.6 Å². The van der Waals surface area contributed by atoms with Crippen LogP contribution in [0, 0.1) is 0 Å². The summed E-state index contributed by atoms with van der Waals surface area (Å²) in [6.45, 7) is -1.63. The minimum Gasteiger partial charge on any atom is -0.461 e. The van der Waals surface area contributed by atoms with E-state index in [2.05, 4.69) is 25.6 Å². The maximum Gasteiger partial charge on any atom is 0.407 e. The number of esters is 1. The highest BCUT2D eigenvalue weighted by Gasteiger charge is 2.37. The van der Waals surface area contributed by atoms with Gasteiger partial charge in [-0.3, -0.25) is 5.43 Å². The van der Waals surface area contributed by atoms with Gasteiger partial charge in [-0.1, -0.05) is 101 Å². The van der Waals surface area contributed by atoms with Gasteiger partial charge in [-0.25, -0.2) is 4.79 Å². The Morgan fingerprint density at radius 1 is 0.944 bits per heavy atom. The molecule has 1 heterocycles. The number of halogens is 2. The second kappa shape index (κ2) is 11.2. The first-order chi connectivity index (χ1) is 17.5. The zero-order chi connectivity index (χ0) is 25.4. The molecule has 4 aromatic rings. The Hall–Kier alpha value is -4.60. The van der Waals surface area contributed by atoms with Gasteiger partial charge < -0.3 is 9.57 Å². The summed E-state index contributed by atoms with van der Waals surface area (Å²) in [4.78, 5) is 17.5. The van der Waals surface area contributed by atoms with E-state index < -0.39 is 23.8 Å². The van der Waals surface area contributed by atoms with E-state index in [1.165, 1.54) is 11.1 Å². The number of aromatic nitrogens is 3. The van der Waals surface area contributed by atoms with Crippen molar-refractivity contribution >= 4 is 11.7 Å². The van der Waals surface area contributed by atoms with Crippen molar-refractivity contribution in [3.8, 4) is 0 Å². The molecular weight excluding hydrogens is 468 g/mol. The van der Waals surface area contributed by atoms with Crippen molar-refractivity contribution in [3.63, 3.8) is 0 Å². The summed E-state index contributed by atoms with van der Waals surface area (Å²) in [6.07, 6.45) is 1.21. The number of nitrogens with zero attached hydrogens (tertiary/aromatic N) is 4. The van der Waals surface area contributed by atoms with Crippen molar-refractivity contribution in [3.05, 3.63) is 120 Å². The Morgan fingerprint density at radius 2 is 1.44 bits per heavy atom. The summed E-state index contributed by atoms with van der Waals surface area (Å²) in [5, 5.41) is 11.8. The van der Waals surface area contributed by atoms with Crippen LogP contribution in [0.1, 0.15) is 29.3 Å². The van der Waals surface area contributed by atoms with E-state index in [1.54, 1.807) is 6.92 Å². The van der Waals surface area contributed by atoms with E-state index in [0.29, 0.717) is 0 Å². The van der Waals surface area contributed by atoms with Crippen molar-refractivity contribution in [2.45, 2.75) is 19.1 Å². The summed E-state index contributed by atoms with van der Waals surface area (Å²) < 4.78 is 30.1. The zero-order valence-corrected chi connectivity index (χ0v) is 19.3. The highest BCUT2D eigenvalue weighted by atomic mass is 19.3. The molecule has 0 bridgehead atoms. The van der Waals surface area contributed by atoms with Gasteiger partial charge in [-0.15, -0.1) is 10.2 Å². The Balaban J connectivity index is 1.83. The second-order valence-corrected chi connectivity index (χ2v) is 7.51. The first-order valence-electron chi connectivity index (χ1n) is 11.1. The lowest BCUT2D eigenvalue weighted by molar-refractivity contribution is -0.138. The predicted octanol–water partition coefficient (Wildman–Crippen LogP) is 4.32. The largest absolute Gasteiger partial charge is 0.461 e. The van der Waals surface area contributed by atoms with Crippen LogP contribution < -0.4 is 5.43 Å². The average Bonchev–Trinajstić information content (AvgIpc) is 3.37. The summed E-state index contributed by atoms with van der Waals surface area (Å²) in [6, 6.07) is 29.1. The summed E-state index contributed by atoms with van der Waals surface area (Å²) >= 11 is 0. The molecule has 0 unspecified atom stereocenters. The van der Waals surface area contributed by atoms with Crippen LogP contribution >= 0.6 is 0 Å². The van der Waals surface area contributed by atoms with Crippen LogP contribution in [0.2, 0.25) is 0 Å². The van der Waals surface area contributed by atoms with E-state index >= 15 is 0 Å². The van der Waals surface area contributed by atoms with Gasteiger partial charge in [0.15, 0.2) is 0 Å². The minimum atomic E-state index is -3.22. The second-order valence-electron chi connectivity index (χ2n) is 7.51. The molecule has 0 spiro atoms. The number of alkyl halides is 2. The molecule has 36 heavy (non-hydrogen) atoms. The Morgan fingerprint density at radius 3 is 1.89 bits per heavy atom. The molecular formula is C26H23F2N5O3. The quantitative estimate of drug-likeness (QED) is 0.154. The van der Waals surface area contributed by atoms with Crippen molar-refractivity contribution in [1.29, 1.82) is 0 Å². The molecule has 0 atom stereocenters. The normalized spacial score (nSPS) is 11.8. The minimum absolute atomic E-state index is 0.0120. The first-order valence-corrected chi connectivity index (χ1v) is 11.1. The van der Waals surface area contributed by atoms with Crippen LogP contribution in [0.15, 0.2) is 102 Å². The molecule has 10 heteroatoms. The number of rotatable bonds is 10. The molecule has 0 aliphatic heterocycles. The molecule has 4 rings (SSSR count). The fourth-order valence-corrected chi connectivity index (χ4v) is 3.81. The lowest BCUT2D eigenvalue weighted by atomic mass is 9.77. The number of hydrogen-bond acceptors (Lipinski definition) is 7. The summed E-state index contributed by atoms with van der Waals surface area (Å²) in [5.41, 5.74) is 4.43. The van der Waals surface area contributed by atoms with E-state index in [9.17, 15) is 13.6 Å². The van der Waals surface area contributed by atoms with Gasteiger partial charge in [-0.05, 0) is 23.6 Å². The third-order valence-electron chi connectivity index (χ3n) is 5.32. The molecule has 0 fully saturated rings. The van der Waals surface area contributed by atoms with Gasteiger partial charge in [0.2, 0.25) is 5.71 Å². The van der Waals surface area contributed by atoms with Crippen LogP contribution in [0.25, 0.3) is 0 Å². The van der Waals surface area contributed by atoms with E-state index in [0.717, 1.165) is 16.7 Å². The third-order valence-corrected chi connectivity index (χ3v) is 5.32. The molecule has 0 aliphatic carbocycles. The molecule has 1 N–H and O–H groups in total. The van der Waals surface area contributed by atoms with Crippen molar-refractivity contribution in [2.75, 3.05) is 12.0 Å². The fraction of sp³-hybridized carbons (Fsp3) is 0.154. The van der Waals surface area contributed by atoms with Crippen LogP contribution in [0.3, 0.4) is 0 Å². The fourth-order valence-electron chi connectivity index (χ4n) is 3.81. The number of benzene rings is 3. The van der Waals surface area contributed by atoms with Gasteiger partial charge in [-0.2, -0.15) is 8.78 Å².